The van der Waals surface area contributed by atoms with E-state index >= 15 is 0 Å². The van der Waals surface area contributed by atoms with Crippen LogP contribution < -0.4 is 0 Å². The second kappa shape index (κ2) is 5.02. The summed E-state index contributed by atoms with van der Waals surface area (Å²) in [5.74, 6) is 1.49. The molecule has 0 unspecified atom stereocenters. The third kappa shape index (κ3) is 3.59. The number of hydrogen-bond donors (Lipinski definition) is 1. The van der Waals surface area contributed by atoms with Crippen molar-refractivity contribution >= 4 is 0 Å². The molecular weight excluding hydrogens is 166 g/mol. The Morgan fingerprint density at radius 3 is 2.92 bits per heavy atom. The maximum Gasteiger partial charge on any atom is 0.137 e. The van der Waals surface area contributed by atoms with Crippen molar-refractivity contribution in [1.82, 2.24) is 5.16 Å². The molecule has 0 aliphatic heterocycles. The second-order valence-corrected chi connectivity index (χ2v) is 3.71. The van der Waals surface area contributed by atoms with E-state index in [0.29, 0.717) is 5.92 Å². The van der Waals surface area contributed by atoms with E-state index in [-0.39, 0.29) is 6.61 Å². The van der Waals surface area contributed by atoms with Crippen molar-refractivity contribution in [3.05, 3.63) is 17.5 Å². The molecule has 0 saturated carbocycles. The summed E-state index contributed by atoms with van der Waals surface area (Å²) >= 11 is 0. The highest BCUT2D eigenvalue weighted by atomic mass is 16.5. The highest BCUT2D eigenvalue weighted by molar-refractivity contribution is 5.05. The van der Waals surface area contributed by atoms with Gasteiger partial charge in [0.1, 0.15) is 5.76 Å². The monoisotopic (exact) mass is 183 g/mol. The van der Waals surface area contributed by atoms with Crippen molar-refractivity contribution in [2.75, 3.05) is 6.61 Å². The maximum absolute atomic E-state index is 8.62. The van der Waals surface area contributed by atoms with Crippen molar-refractivity contribution in [2.24, 2.45) is 5.92 Å². The van der Waals surface area contributed by atoms with Crippen molar-refractivity contribution in [1.29, 1.82) is 0 Å². The predicted octanol–water partition coefficient (Wildman–Crippen LogP) is 1.80. The molecule has 74 valence electrons. The maximum atomic E-state index is 8.62. The molecule has 0 amide bonds. The predicted molar refractivity (Wildman–Crippen MR) is 50.5 cm³/mol. The van der Waals surface area contributed by atoms with Crippen LogP contribution in [0.5, 0.6) is 0 Å². The molecule has 0 fully saturated rings. The molecule has 0 radical (unpaired) electrons. The fraction of sp³-hybridized carbons (Fsp3) is 0.700. The SMILES string of the molecule is CC(C)Cc1cc(CCCO)on1. The van der Waals surface area contributed by atoms with Crippen LogP contribution in [0.4, 0.5) is 0 Å². The van der Waals surface area contributed by atoms with Gasteiger partial charge in [-0.3, -0.25) is 0 Å². The number of aromatic nitrogens is 1. The minimum Gasteiger partial charge on any atom is -0.396 e. The molecule has 0 aliphatic carbocycles. The fourth-order valence-electron chi connectivity index (χ4n) is 1.24. The van der Waals surface area contributed by atoms with E-state index in [2.05, 4.69) is 19.0 Å². The number of hydrogen-bond acceptors (Lipinski definition) is 3. The van der Waals surface area contributed by atoms with Gasteiger partial charge in [0.15, 0.2) is 0 Å². The molecule has 1 aromatic heterocycles. The lowest BCUT2D eigenvalue weighted by Gasteiger charge is -1.96. The third-order valence-corrected chi connectivity index (χ3v) is 1.81. The highest BCUT2D eigenvalue weighted by Gasteiger charge is 2.05. The normalized spacial score (nSPS) is 11.1. The summed E-state index contributed by atoms with van der Waals surface area (Å²) in [5.41, 5.74) is 1.02. The first-order valence-corrected chi connectivity index (χ1v) is 4.77. The van der Waals surface area contributed by atoms with Gasteiger partial charge in [-0.25, -0.2) is 0 Å². The molecule has 13 heavy (non-hydrogen) atoms. The summed E-state index contributed by atoms with van der Waals surface area (Å²) in [6.45, 7) is 4.52. The van der Waals surface area contributed by atoms with E-state index in [4.69, 9.17) is 9.63 Å². The number of aliphatic hydroxyl groups is 1. The van der Waals surface area contributed by atoms with Gasteiger partial charge in [-0.15, -0.1) is 0 Å². The van der Waals surface area contributed by atoms with Crippen LogP contribution in [-0.2, 0) is 12.8 Å². The Bertz CT molecular complexity index is 243. The van der Waals surface area contributed by atoms with Gasteiger partial charge in [0.25, 0.3) is 0 Å². The van der Waals surface area contributed by atoms with E-state index in [1.807, 2.05) is 6.07 Å². The average Bonchev–Trinajstić information content (AvgIpc) is 2.48. The van der Waals surface area contributed by atoms with Crippen LogP contribution in [0.3, 0.4) is 0 Å². The van der Waals surface area contributed by atoms with E-state index < -0.39 is 0 Å². The Balaban J connectivity index is 2.44. The van der Waals surface area contributed by atoms with Crippen molar-refractivity contribution in [3.63, 3.8) is 0 Å². The summed E-state index contributed by atoms with van der Waals surface area (Å²) in [7, 11) is 0. The van der Waals surface area contributed by atoms with E-state index in [1.165, 1.54) is 0 Å². The second-order valence-electron chi connectivity index (χ2n) is 3.71. The first-order chi connectivity index (χ1) is 6.22. The summed E-state index contributed by atoms with van der Waals surface area (Å²) in [4.78, 5) is 0. The molecule has 3 heteroatoms. The zero-order valence-electron chi connectivity index (χ0n) is 8.29. The van der Waals surface area contributed by atoms with Crippen LogP contribution in [0.15, 0.2) is 10.6 Å². The first-order valence-electron chi connectivity index (χ1n) is 4.77. The van der Waals surface area contributed by atoms with Crippen LogP contribution in [0, 0.1) is 5.92 Å². The van der Waals surface area contributed by atoms with E-state index in [1.54, 1.807) is 0 Å². The molecule has 0 aliphatic rings. The fourth-order valence-corrected chi connectivity index (χ4v) is 1.24. The van der Waals surface area contributed by atoms with Gasteiger partial charge in [0.05, 0.1) is 5.69 Å². The van der Waals surface area contributed by atoms with Crippen molar-refractivity contribution in [3.8, 4) is 0 Å². The Morgan fingerprint density at radius 1 is 1.54 bits per heavy atom. The summed E-state index contributed by atoms with van der Waals surface area (Å²) in [6.07, 6.45) is 2.49. The number of nitrogens with zero attached hydrogens (tertiary/aromatic N) is 1. The molecule has 0 saturated heterocycles. The molecule has 1 heterocycles. The molecule has 1 aromatic rings. The van der Waals surface area contributed by atoms with Crippen LogP contribution in [-0.4, -0.2) is 16.9 Å². The van der Waals surface area contributed by atoms with Gasteiger partial charge in [-0.1, -0.05) is 19.0 Å². The third-order valence-electron chi connectivity index (χ3n) is 1.81. The van der Waals surface area contributed by atoms with E-state index in [9.17, 15) is 0 Å². The molecule has 3 nitrogen and oxygen atoms in total. The smallest absolute Gasteiger partial charge is 0.137 e. The number of aryl methyl sites for hydroxylation is 1. The summed E-state index contributed by atoms with van der Waals surface area (Å²) < 4.78 is 5.11. The zero-order chi connectivity index (χ0) is 9.68. The first kappa shape index (κ1) is 10.3. The molecular formula is C10H17NO2. The Hall–Kier alpha value is -0.830. The van der Waals surface area contributed by atoms with Gasteiger partial charge in [0.2, 0.25) is 0 Å². The largest absolute Gasteiger partial charge is 0.396 e. The van der Waals surface area contributed by atoms with Crippen LogP contribution >= 0.6 is 0 Å². The molecule has 0 spiro atoms. The van der Waals surface area contributed by atoms with Crippen LogP contribution in [0.2, 0.25) is 0 Å². The van der Waals surface area contributed by atoms with Gasteiger partial charge in [-0.2, -0.15) is 0 Å². The van der Waals surface area contributed by atoms with Gasteiger partial charge < -0.3 is 9.63 Å². The average molecular weight is 183 g/mol. The molecule has 0 atom stereocenters. The molecule has 1 rings (SSSR count). The minimum absolute atomic E-state index is 0.209. The Labute approximate surface area is 78.7 Å². The molecule has 1 N–H and O–H groups in total. The lowest BCUT2D eigenvalue weighted by atomic mass is 10.1. The van der Waals surface area contributed by atoms with Gasteiger partial charge in [-0.05, 0) is 18.8 Å². The summed E-state index contributed by atoms with van der Waals surface area (Å²) in [6, 6.07) is 1.98. The van der Waals surface area contributed by atoms with Crippen molar-refractivity contribution < 1.29 is 9.63 Å². The van der Waals surface area contributed by atoms with Gasteiger partial charge in [0, 0.05) is 19.1 Å². The standard InChI is InChI=1S/C10H17NO2/c1-8(2)6-9-7-10(13-11-9)4-3-5-12/h7-8,12H,3-6H2,1-2H3. The topological polar surface area (TPSA) is 46.3 Å². The lowest BCUT2D eigenvalue weighted by molar-refractivity contribution is 0.279. The minimum atomic E-state index is 0.209. The molecule has 0 aromatic carbocycles. The number of rotatable bonds is 5. The van der Waals surface area contributed by atoms with E-state index in [0.717, 1.165) is 30.7 Å². The van der Waals surface area contributed by atoms with Crippen LogP contribution in [0.25, 0.3) is 0 Å². The molecule has 0 bridgehead atoms. The highest BCUT2D eigenvalue weighted by Crippen LogP contribution is 2.10. The Kier molecular flexibility index (Phi) is 3.96. The number of aliphatic hydroxyl groups excluding tert-OH is 1. The quantitative estimate of drug-likeness (QED) is 0.757. The summed E-state index contributed by atoms with van der Waals surface area (Å²) in [5, 5.41) is 12.6. The van der Waals surface area contributed by atoms with Crippen LogP contribution in [0.1, 0.15) is 31.7 Å². The lowest BCUT2D eigenvalue weighted by Crippen LogP contribution is -1.93. The zero-order valence-corrected chi connectivity index (χ0v) is 8.29. The van der Waals surface area contributed by atoms with Gasteiger partial charge >= 0.3 is 0 Å². The Morgan fingerprint density at radius 2 is 2.31 bits per heavy atom. The van der Waals surface area contributed by atoms with Crippen molar-refractivity contribution in [2.45, 2.75) is 33.1 Å².